The van der Waals surface area contributed by atoms with E-state index in [1.165, 1.54) is 17.4 Å². The molecule has 0 saturated carbocycles. The van der Waals surface area contributed by atoms with E-state index in [1.807, 2.05) is 31.2 Å². The van der Waals surface area contributed by atoms with Gasteiger partial charge in [0.1, 0.15) is 5.01 Å². The summed E-state index contributed by atoms with van der Waals surface area (Å²) in [5.41, 5.74) is 2.35. The van der Waals surface area contributed by atoms with Gasteiger partial charge in [0.05, 0.1) is 0 Å². The summed E-state index contributed by atoms with van der Waals surface area (Å²) in [7, 11) is 0. The van der Waals surface area contributed by atoms with Crippen LogP contribution in [0, 0.1) is 6.92 Å². The lowest BCUT2D eigenvalue weighted by Gasteiger charge is -2.08. The van der Waals surface area contributed by atoms with Crippen molar-refractivity contribution in [3.63, 3.8) is 0 Å². The zero-order valence-electron chi connectivity index (χ0n) is 16.0. The average Bonchev–Trinajstić information content (AvgIpc) is 3.30. The van der Waals surface area contributed by atoms with Crippen LogP contribution in [0.4, 0.5) is 5.69 Å². The Morgan fingerprint density at radius 2 is 1.94 bits per heavy atom. The smallest absolute Gasteiger partial charge is 0.250 e. The predicted octanol–water partition coefficient (Wildman–Crippen LogP) is 4.99. The number of nitrogens with one attached hydrogen (secondary N) is 2. The van der Waals surface area contributed by atoms with E-state index in [9.17, 15) is 4.79 Å². The van der Waals surface area contributed by atoms with Gasteiger partial charge in [0.2, 0.25) is 10.9 Å². The zero-order valence-corrected chi connectivity index (χ0v) is 19.1. The van der Waals surface area contributed by atoms with Crippen molar-refractivity contribution in [1.82, 2.24) is 25.1 Å². The molecule has 0 aliphatic heterocycles. The Morgan fingerprint density at radius 3 is 2.65 bits per heavy atom. The molecule has 156 valence electrons. The summed E-state index contributed by atoms with van der Waals surface area (Å²) < 4.78 is 1.71. The van der Waals surface area contributed by atoms with Gasteiger partial charge in [0.15, 0.2) is 10.9 Å². The fraction of sp³-hybridized carbons (Fsp3) is 0.0500. The minimum absolute atomic E-state index is 0.180. The van der Waals surface area contributed by atoms with Crippen LogP contribution in [0.5, 0.6) is 0 Å². The van der Waals surface area contributed by atoms with E-state index in [0.717, 1.165) is 27.0 Å². The van der Waals surface area contributed by atoms with Crippen molar-refractivity contribution < 1.29 is 4.79 Å². The standard InChI is InChI=1S/C20H14Cl2N6OS2/c1-11-25-26-20-28(11)27-18(31-20)13-3-7-15(8-4-13)23-19(30)24-17(29)9-5-12-2-6-14(21)10-16(12)22/h2-10H,1H3,(H2,23,24,29,30)/b9-5+. The number of halogens is 2. The summed E-state index contributed by atoms with van der Waals surface area (Å²) in [6.07, 6.45) is 2.94. The average molecular weight is 489 g/mol. The molecule has 2 aromatic carbocycles. The molecule has 1 amide bonds. The number of thiocarbonyl (C=S) groups is 1. The number of amides is 1. The highest BCUT2D eigenvalue weighted by molar-refractivity contribution is 7.80. The molecule has 4 rings (SSSR count). The molecule has 2 N–H and O–H groups in total. The number of carbonyl (C=O) groups excluding carboxylic acids is 1. The molecule has 2 aromatic heterocycles. The van der Waals surface area contributed by atoms with Crippen LogP contribution in [0.2, 0.25) is 10.0 Å². The molecule has 0 atom stereocenters. The lowest BCUT2D eigenvalue weighted by atomic mass is 10.2. The summed E-state index contributed by atoms with van der Waals surface area (Å²) in [4.78, 5) is 12.8. The van der Waals surface area contributed by atoms with Crippen LogP contribution in [0.1, 0.15) is 11.4 Å². The maximum absolute atomic E-state index is 12.1. The van der Waals surface area contributed by atoms with Crippen LogP contribution >= 0.6 is 46.8 Å². The maximum atomic E-state index is 12.1. The molecule has 11 heteroatoms. The number of aromatic nitrogens is 4. The highest BCUT2D eigenvalue weighted by Crippen LogP contribution is 2.26. The van der Waals surface area contributed by atoms with Gasteiger partial charge in [-0.05, 0) is 67.2 Å². The number of rotatable bonds is 4. The van der Waals surface area contributed by atoms with Gasteiger partial charge in [0, 0.05) is 27.4 Å². The van der Waals surface area contributed by atoms with Gasteiger partial charge in [-0.2, -0.15) is 9.61 Å². The van der Waals surface area contributed by atoms with Crippen molar-refractivity contribution in [2.75, 3.05) is 5.32 Å². The van der Waals surface area contributed by atoms with Crippen molar-refractivity contribution in [1.29, 1.82) is 0 Å². The third kappa shape index (κ3) is 5.08. The summed E-state index contributed by atoms with van der Waals surface area (Å²) in [6.45, 7) is 1.85. The lowest BCUT2D eigenvalue weighted by molar-refractivity contribution is -0.115. The second-order valence-electron chi connectivity index (χ2n) is 6.37. The number of hydrogen-bond donors (Lipinski definition) is 2. The molecule has 0 saturated heterocycles. The molecule has 4 aromatic rings. The molecule has 2 heterocycles. The molecule has 31 heavy (non-hydrogen) atoms. The monoisotopic (exact) mass is 488 g/mol. The number of nitrogens with zero attached hydrogens (tertiary/aromatic N) is 4. The van der Waals surface area contributed by atoms with Gasteiger partial charge in [0.25, 0.3) is 0 Å². The first kappa shape index (κ1) is 21.4. The van der Waals surface area contributed by atoms with E-state index < -0.39 is 0 Å². The first-order chi connectivity index (χ1) is 14.9. The number of fused-ring (bicyclic) bond motifs is 1. The molecule has 7 nitrogen and oxygen atoms in total. The largest absolute Gasteiger partial charge is 0.332 e. The van der Waals surface area contributed by atoms with E-state index in [1.54, 1.807) is 28.8 Å². The van der Waals surface area contributed by atoms with Crippen molar-refractivity contribution in [2.24, 2.45) is 0 Å². The van der Waals surface area contributed by atoms with Crippen molar-refractivity contribution in [3.8, 4) is 10.6 Å². The summed E-state index contributed by atoms with van der Waals surface area (Å²) in [5, 5.41) is 20.1. The molecule has 0 aliphatic carbocycles. The molecular weight excluding hydrogens is 475 g/mol. The second kappa shape index (κ2) is 9.11. The minimum atomic E-state index is -0.379. The van der Waals surface area contributed by atoms with Gasteiger partial charge < -0.3 is 5.32 Å². The van der Waals surface area contributed by atoms with Crippen LogP contribution in [0.25, 0.3) is 21.6 Å². The first-order valence-corrected chi connectivity index (χ1v) is 10.9. The second-order valence-corrected chi connectivity index (χ2v) is 8.58. The summed E-state index contributed by atoms with van der Waals surface area (Å²) in [5.74, 6) is 0.361. The molecule has 0 spiro atoms. The Labute approximate surface area is 196 Å². The topological polar surface area (TPSA) is 84.2 Å². The Hall–Kier alpha value is -2.85. The Kier molecular flexibility index (Phi) is 6.28. The molecule has 0 unspecified atom stereocenters. The molecule has 0 radical (unpaired) electrons. The van der Waals surface area contributed by atoms with E-state index in [-0.39, 0.29) is 11.0 Å². The maximum Gasteiger partial charge on any atom is 0.250 e. The Bertz CT molecular complexity index is 1310. The van der Waals surface area contributed by atoms with Crippen molar-refractivity contribution in [3.05, 3.63) is 70.0 Å². The third-order valence-electron chi connectivity index (χ3n) is 4.15. The number of hydrogen-bond acceptors (Lipinski definition) is 6. The number of carbonyl (C=O) groups is 1. The SMILES string of the molecule is Cc1nnc2sc(-c3ccc(NC(=S)NC(=O)/C=C/c4ccc(Cl)cc4Cl)cc3)nn12. The number of anilines is 1. The third-order valence-corrected chi connectivity index (χ3v) is 5.86. The number of benzene rings is 2. The van der Waals surface area contributed by atoms with Crippen LogP contribution in [-0.2, 0) is 4.79 Å². The molecular formula is C20H14Cl2N6OS2. The minimum Gasteiger partial charge on any atom is -0.332 e. The zero-order chi connectivity index (χ0) is 22.0. The van der Waals surface area contributed by atoms with Crippen molar-refractivity contribution in [2.45, 2.75) is 6.92 Å². The normalized spacial score (nSPS) is 11.2. The highest BCUT2D eigenvalue weighted by atomic mass is 35.5. The van der Waals surface area contributed by atoms with Crippen LogP contribution in [-0.4, -0.2) is 30.8 Å². The lowest BCUT2D eigenvalue weighted by Crippen LogP contribution is -2.32. The fourth-order valence-corrected chi connectivity index (χ4v) is 4.23. The number of aryl methyl sites for hydroxylation is 1. The van der Waals surface area contributed by atoms with E-state index in [4.69, 9.17) is 35.4 Å². The summed E-state index contributed by atoms with van der Waals surface area (Å²) in [6, 6.07) is 12.6. The predicted molar refractivity (Wildman–Crippen MR) is 129 cm³/mol. The van der Waals surface area contributed by atoms with Gasteiger partial charge in [-0.1, -0.05) is 40.6 Å². The highest BCUT2D eigenvalue weighted by Gasteiger charge is 2.10. The van der Waals surface area contributed by atoms with Gasteiger partial charge >= 0.3 is 0 Å². The first-order valence-electron chi connectivity index (χ1n) is 8.93. The Morgan fingerprint density at radius 1 is 1.16 bits per heavy atom. The molecule has 0 bridgehead atoms. The Balaban J connectivity index is 1.35. The fourth-order valence-electron chi connectivity index (χ4n) is 2.65. The quantitative estimate of drug-likeness (QED) is 0.310. The van der Waals surface area contributed by atoms with Gasteiger partial charge in [-0.3, -0.25) is 10.1 Å². The van der Waals surface area contributed by atoms with E-state index in [2.05, 4.69) is 25.9 Å². The van der Waals surface area contributed by atoms with Crippen LogP contribution < -0.4 is 10.6 Å². The molecule has 0 fully saturated rings. The molecule has 0 aliphatic rings. The van der Waals surface area contributed by atoms with E-state index in [0.29, 0.717) is 15.6 Å². The van der Waals surface area contributed by atoms with Gasteiger partial charge in [-0.25, -0.2) is 0 Å². The van der Waals surface area contributed by atoms with Crippen LogP contribution in [0.3, 0.4) is 0 Å². The van der Waals surface area contributed by atoms with Gasteiger partial charge in [-0.15, -0.1) is 10.2 Å². The summed E-state index contributed by atoms with van der Waals surface area (Å²) >= 11 is 18.6. The van der Waals surface area contributed by atoms with Crippen molar-refractivity contribution >= 4 is 74.5 Å². The van der Waals surface area contributed by atoms with Crippen LogP contribution in [0.15, 0.2) is 48.5 Å². The van der Waals surface area contributed by atoms with E-state index >= 15 is 0 Å².